The summed E-state index contributed by atoms with van der Waals surface area (Å²) < 4.78 is 0. The van der Waals surface area contributed by atoms with Gasteiger partial charge in [-0.05, 0) is 163 Å². The van der Waals surface area contributed by atoms with Crippen LogP contribution in [0.25, 0.3) is 0 Å². The van der Waals surface area contributed by atoms with E-state index in [2.05, 4.69) is 180 Å². The number of fused-ring (bicyclic) bond motifs is 8. The van der Waals surface area contributed by atoms with Gasteiger partial charge in [0.15, 0.2) is 0 Å². The third-order valence-electron chi connectivity index (χ3n) is 13.4. The molecule has 4 aromatic carbocycles. The van der Waals surface area contributed by atoms with Crippen molar-refractivity contribution < 1.29 is 0 Å². The zero-order valence-corrected chi connectivity index (χ0v) is 47.4. The van der Waals surface area contributed by atoms with Gasteiger partial charge in [0.2, 0.25) is 0 Å². The van der Waals surface area contributed by atoms with Gasteiger partial charge in [-0.2, -0.15) is 0 Å². The van der Waals surface area contributed by atoms with Crippen molar-refractivity contribution >= 4 is 47.0 Å². The van der Waals surface area contributed by atoms with E-state index >= 15 is 0 Å². The van der Waals surface area contributed by atoms with Crippen LogP contribution in [0.5, 0.6) is 0 Å². The van der Waals surface area contributed by atoms with E-state index in [1.54, 1.807) is 0 Å². The minimum Gasteiger partial charge on any atom is -0.261 e. The van der Waals surface area contributed by atoms with Crippen LogP contribution in [0.15, 0.2) is 185 Å². The Morgan fingerprint density at radius 3 is 0.597 bits per heavy atom. The number of hydrogen-bond donors (Lipinski definition) is 0. The summed E-state index contributed by atoms with van der Waals surface area (Å²) in [5.74, 6) is 0. The summed E-state index contributed by atoms with van der Waals surface area (Å²) >= 11 is 7.70. The van der Waals surface area contributed by atoms with E-state index in [1.165, 1.54) is 83.7 Å². The highest BCUT2D eigenvalue weighted by atomic mass is 32.2. The summed E-state index contributed by atoms with van der Waals surface area (Å²) in [5, 5.41) is 0. The molecule has 0 aliphatic carbocycles. The Morgan fingerprint density at radius 1 is 0.278 bits per heavy atom. The summed E-state index contributed by atoms with van der Waals surface area (Å²) in [5.41, 5.74) is 14.1. The molecule has 8 heteroatoms. The molecule has 8 bridgehead atoms. The molecule has 1 aliphatic rings. The van der Waals surface area contributed by atoms with E-state index in [-0.39, 0.29) is 21.7 Å². The second-order valence-corrected chi connectivity index (χ2v) is 27.5. The first-order valence-electron chi connectivity index (χ1n) is 25.2. The van der Waals surface area contributed by atoms with Gasteiger partial charge in [-0.25, -0.2) is 0 Å². The smallest absolute Gasteiger partial charge is 0.0448 e. The summed E-state index contributed by atoms with van der Waals surface area (Å²) in [6.45, 7) is 28.2. The Kier molecular flexibility index (Phi) is 15.1. The van der Waals surface area contributed by atoms with Gasteiger partial charge in [-0.1, -0.05) is 154 Å². The SMILES string of the molecule is CC(C)(C)c1cc2c(Cc3ccccn3)c(c1)Sc1cc(C(C)(C)C)cc(c1Cc1ccccn1)Sc1cc(C(C)(C)C)cc(c1Cc1ccccn1)Sc1cc(C(C)(C)C)cc(c1Cc1ccccn1)S2. The lowest BCUT2D eigenvalue weighted by molar-refractivity contribution is 0.585. The molecule has 0 saturated heterocycles. The lowest BCUT2D eigenvalue weighted by atomic mass is 9.86. The van der Waals surface area contributed by atoms with Crippen LogP contribution in [-0.2, 0) is 47.3 Å². The highest BCUT2D eigenvalue weighted by Crippen LogP contribution is 2.52. The van der Waals surface area contributed by atoms with Gasteiger partial charge >= 0.3 is 0 Å². The minimum absolute atomic E-state index is 0.122. The lowest BCUT2D eigenvalue weighted by Crippen LogP contribution is -2.14. The fourth-order valence-electron chi connectivity index (χ4n) is 8.85. The molecular formula is C64H68N4S4. The van der Waals surface area contributed by atoms with E-state index in [0.717, 1.165) is 22.8 Å². The van der Waals surface area contributed by atoms with Crippen LogP contribution in [0, 0.1) is 0 Å². The maximum Gasteiger partial charge on any atom is 0.0448 e. The molecular weight excluding hydrogens is 953 g/mol. The van der Waals surface area contributed by atoms with Crippen LogP contribution in [0.4, 0.5) is 0 Å². The number of aromatic nitrogens is 4. The van der Waals surface area contributed by atoms with Crippen molar-refractivity contribution in [1.29, 1.82) is 0 Å². The first kappa shape index (κ1) is 51.8. The molecule has 0 fully saturated rings. The maximum atomic E-state index is 4.98. The average Bonchev–Trinajstić information content (AvgIpc) is 3.32. The molecule has 0 atom stereocenters. The molecule has 72 heavy (non-hydrogen) atoms. The summed E-state index contributed by atoms with van der Waals surface area (Å²) in [4.78, 5) is 30.0. The molecule has 0 saturated carbocycles. The molecule has 0 spiro atoms. The third-order valence-corrected chi connectivity index (χ3v) is 18.0. The summed E-state index contributed by atoms with van der Waals surface area (Å²) in [6, 6.07) is 45.2. The van der Waals surface area contributed by atoms with E-state index in [4.69, 9.17) is 19.9 Å². The molecule has 9 rings (SSSR count). The number of benzene rings is 4. The van der Waals surface area contributed by atoms with Crippen molar-refractivity contribution in [3.05, 3.63) is 213 Å². The van der Waals surface area contributed by atoms with Gasteiger partial charge in [0, 0.05) is 112 Å². The lowest BCUT2D eigenvalue weighted by Gasteiger charge is -2.29. The Balaban J connectivity index is 1.44. The van der Waals surface area contributed by atoms with Gasteiger partial charge in [0.25, 0.3) is 0 Å². The summed E-state index contributed by atoms with van der Waals surface area (Å²) in [6.07, 6.45) is 10.5. The van der Waals surface area contributed by atoms with Crippen LogP contribution in [-0.4, -0.2) is 19.9 Å². The average molecular weight is 1020 g/mol. The molecule has 0 radical (unpaired) electrons. The molecule has 5 heterocycles. The Labute approximate surface area is 446 Å². The third kappa shape index (κ3) is 12.3. The van der Waals surface area contributed by atoms with E-state index in [0.29, 0.717) is 25.7 Å². The quantitative estimate of drug-likeness (QED) is 0.149. The number of pyridine rings is 4. The second-order valence-electron chi connectivity index (χ2n) is 23.2. The molecule has 8 aromatic rings. The molecule has 4 nitrogen and oxygen atoms in total. The standard InChI is InChI=1S/C64H68N4S4/c1-61(2,3)41-29-53-49(37-45-21-13-17-25-65-45)54(30-41)70-56-32-43(63(7,8)9)34-58(51(56)39-47-23-15-19-27-67-47)72-60-36-44(64(10,11)12)35-59(52(60)40-48-24-16-20-28-68-48)71-57-33-42(62(4,5)6)31-55(69-53)50(57)38-46-22-14-18-26-66-46/h13-36H,37-40H2,1-12H3. The van der Waals surface area contributed by atoms with Crippen LogP contribution in [0.1, 0.15) is 150 Å². The molecule has 368 valence electrons. The molecule has 0 amide bonds. The van der Waals surface area contributed by atoms with Gasteiger partial charge in [0.05, 0.1) is 0 Å². The highest BCUT2D eigenvalue weighted by Gasteiger charge is 2.30. The van der Waals surface area contributed by atoms with E-state index in [1.807, 2.05) is 96.1 Å². The normalized spacial score (nSPS) is 13.3. The van der Waals surface area contributed by atoms with Gasteiger partial charge < -0.3 is 0 Å². The molecule has 0 unspecified atom stereocenters. The largest absolute Gasteiger partial charge is 0.261 e. The number of hydrogen-bond acceptors (Lipinski definition) is 8. The van der Waals surface area contributed by atoms with Crippen LogP contribution >= 0.6 is 47.0 Å². The van der Waals surface area contributed by atoms with Crippen molar-refractivity contribution in [3.8, 4) is 0 Å². The van der Waals surface area contributed by atoms with Crippen molar-refractivity contribution in [3.63, 3.8) is 0 Å². The maximum absolute atomic E-state index is 4.98. The zero-order valence-electron chi connectivity index (χ0n) is 44.1. The van der Waals surface area contributed by atoms with Crippen molar-refractivity contribution in [2.75, 3.05) is 0 Å². The zero-order chi connectivity index (χ0) is 51.0. The van der Waals surface area contributed by atoms with Crippen molar-refractivity contribution in [2.24, 2.45) is 0 Å². The molecule has 4 aromatic heterocycles. The Bertz CT molecular complexity index is 2670. The van der Waals surface area contributed by atoms with Gasteiger partial charge in [0.1, 0.15) is 0 Å². The van der Waals surface area contributed by atoms with Crippen LogP contribution in [0.3, 0.4) is 0 Å². The van der Waals surface area contributed by atoms with Crippen LogP contribution < -0.4 is 0 Å². The summed E-state index contributed by atoms with van der Waals surface area (Å²) in [7, 11) is 0. The second kappa shape index (κ2) is 21.0. The first-order valence-corrected chi connectivity index (χ1v) is 28.4. The van der Waals surface area contributed by atoms with Gasteiger partial charge in [-0.3, -0.25) is 19.9 Å². The Morgan fingerprint density at radius 2 is 0.458 bits per heavy atom. The monoisotopic (exact) mass is 1020 g/mol. The predicted molar refractivity (Wildman–Crippen MR) is 305 cm³/mol. The fraction of sp³-hybridized carbons (Fsp3) is 0.312. The van der Waals surface area contributed by atoms with Crippen LogP contribution in [0.2, 0.25) is 0 Å². The Hall–Kier alpha value is -5.12. The van der Waals surface area contributed by atoms with Crippen molar-refractivity contribution in [2.45, 2.75) is 170 Å². The highest BCUT2D eigenvalue weighted by molar-refractivity contribution is 8.01. The number of nitrogens with zero attached hydrogens (tertiary/aromatic N) is 4. The van der Waals surface area contributed by atoms with E-state index < -0.39 is 0 Å². The van der Waals surface area contributed by atoms with E-state index in [9.17, 15) is 0 Å². The number of rotatable bonds is 8. The van der Waals surface area contributed by atoms with Crippen molar-refractivity contribution in [1.82, 2.24) is 19.9 Å². The minimum atomic E-state index is -0.122. The topological polar surface area (TPSA) is 51.6 Å². The fourth-order valence-corrected chi connectivity index (χ4v) is 14.0. The molecule has 0 N–H and O–H groups in total. The molecule has 1 aliphatic heterocycles. The predicted octanol–water partition coefficient (Wildman–Crippen LogP) is 17.7. The first-order chi connectivity index (χ1) is 34.2. The van der Waals surface area contributed by atoms with Gasteiger partial charge in [-0.15, -0.1) is 0 Å².